The Labute approximate surface area is 148 Å². The van der Waals surface area contributed by atoms with E-state index in [1.54, 1.807) is 0 Å². The van der Waals surface area contributed by atoms with E-state index in [1.807, 2.05) is 0 Å². The molecule has 3 aliphatic rings. The van der Waals surface area contributed by atoms with E-state index in [1.165, 1.54) is 0 Å². The third kappa shape index (κ3) is 5.97. The fraction of sp³-hybridized carbons (Fsp3) is 0.824. The summed E-state index contributed by atoms with van der Waals surface area (Å²) in [5.41, 5.74) is 0. The van der Waals surface area contributed by atoms with Gasteiger partial charge in [0.2, 0.25) is 11.8 Å². The largest absolute Gasteiger partial charge is 0.354 e. The molecule has 2 aliphatic heterocycles. The van der Waals surface area contributed by atoms with E-state index in [0.29, 0.717) is 12.5 Å². The first-order valence-electron chi connectivity index (χ1n) is 9.44. The highest BCUT2D eigenvalue weighted by Gasteiger charge is 2.27. The number of carbonyl (C=O) groups excluding carboxylic acids is 3. The smallest absolute Gasteiger partial charge is 0.321 e. The summed E-state index contributed by atoms with van der Waals surface area (Å²) in [5.74, 6) is 0.175. The van der Waals surface area contributed by atoms with E-state index in [2.05, 4.69) is 26.2 Å². The Morgan fingerprint density at radius 1 is 1.08 bits per heavy atom. The molecule has 0 aromatic rings. The van der Waals surface area contributed by atoms with Crippen molar-refractivity contribution in [3.05, 3.63) is 0 Å². The number of hydrogen-bond donors (Lipinski definition) is 4. The molecule has 2 unspecified atom stereocenters. The van der Waals surface area contributed by atoms with Gasteiger partial charge in [-0.1, -0.05) is 0 Å². The molecule has 1 saturated carbocycles. The topological polar surface area (TPSA) is 103 Å². The molecule has 0 bridgehead atoms. The molecule has 25 heavy (non-hydrogen) atoms. The van der Waals surface area contributed by atoms with E-state index in [9.17, 15) is 14.4 Å². The lowest BCUT2D eigenvalue weighted by Crippen LogP contribution is -2.49. The van der Waals surface area contributed by atoms with E-state index in [0.717, 1.165) is 58.2 Å². The molecule has 0 radical (unpaired) electrons. The number of amides is 4. The second kappa shape index (κ2) is 8.62. The van der Waals surface area contributed by atoms with Crippen molar-refractivity contribution in [2.75, 3.05) is 32.7 Å². The highest BCUT2D eigenvalue weighted by atomic mass is 16.2. The van der Waals surface area contributed by atoms with Crippen LogP contribution >= 0.6 is 0 Å². The monoisotopic (exact) mass is 351 g/mol. The Morgan fingerprint density at radius 3 is 2.64 bits per heavy atom. The van der Waals surface area contributed by atoms with Crippen molar-refractivity contribution >= 4 is 17.8 Å². The van der Waals surface area contributed by atoms with E-state index < -0.39 is 6.03 Å². The summed E-state index contributed by atoms with van der Waals surface area (Å²) in [5, 5.41) is 11.4. The Morgan fingerprint density at radius 2 is 1.92 bits per heavy atom. The number of hydrogen-bond acceptors (Lipinski definition) is 5. The molecule has 3 fully saturated rings. The summed E-state index contributed by atoms with van der Waals surface area (Å²) in [7, 11) is 0. The lowest BCUT2D eigenvalue weighted by atomic mass is 9.98. The van der Waals surface area contributed by atoms with Crippen LogP contribution in [0.4, 0.5) is 4.79 Å². The fourth-order valence-corrected chi connectivity index (χ4v) is 3.56. The Balaban J connectivity index is 1.34. The standard InChI is InChI=1S/C17H29N5O3/c23-15(21-17(25)20-13-5-6-13)11-22-8-2-3-12(10-22)9-19-16(24)14-4-1-7-18-14/h12-14,18H,1-11H2,(H,19,24)(H2,20,21,23,25). The molecule has 1 aliphatic carbocycles. The molecule has 8 heteroatoms. The summed E-state index contributed by atoms with van der Waals surface area (Å²) >= 11 is 0. The molecule has 2 atom stereocenters. The number of nitrogens with one attached hydrogen (secondary N) is 4. The van der Waals surface area contributed by atoms with E-state index >= 15 is 0 Å². The van der Waals surface area contributed by atoms with Gasteiger partial charge in [0.1, 0.15) is 0 Å². The van der Waals surface area contributed by atoms with Crippen LogP contribution in [0.15, 0.2) is 0 Å². The van der Waals surface area contributed by atoms with Crippen molar-refractivity contribution in [2.24, 2.45) is 5.92 Å². The molecule has 0 spiro atoms. The first-order valence-corrected chi connectivity index (χ1v) is 9.44. The molecular weight excluding hydrogens is 322 g/mol. The summed E-state index contributed by atoms with van der Waals surface area (Å²) < 4.78 is 0. The van der Waals surface area contributed by atoms with Crippen LogP contribution in [0.3, 0.4) is 0 Å². The lowest BCUT2D eigenvalue weighted by Gasteiger charge is -2.32. The van der Waals surface area contributed by atoms with E-state index in [-0.39, 0.29) is 30.4 Å². The van der Waals surface area contributed by atoms with Gasteiger partial charge in [0.05, 0.1) is 12.6 Å². The van der Waals surface area contributed by atoms with Gasteiger partial charge < -0.3 is 16.0 Å². The van der Waals surface area contributed by atoms with Gasteiger partial charge >= 0.3 is 6.03 Å². The number of rotatable bonds is 6. The number of carbonyl (C=O) groups is 3. The number of nitrogens with zero attached hydrogens (tertiary/aromatic N) is 1. The van der Waals surface area contributed by atoms with Crippen LogP contribution in [0.2, 0.25) is 0 Å². The van der Waals surface area contributed by atoms with Crippen molar-refractivity contribution < 1.29 is 14.4 Å². The average Bonchev–Trinajstić information content (AvgIpc) is 3.21. The molecule has 0 aromatic heterocycles. The molecule has 3 rings (SSSR count). The van der Waals surface area contributed by atoms with Crippen LogP contribution in [0.1, 0.15) is 38.5 Å². The van der Waals surface area contributed by atoms with E-state index in [4.69, 9.17) is 0 Å². The normalized spacial score (nSPS) is 26.9. The first-order chi connectivity index (χ1) is 12.1. The first kappa shape index (κ1) is 18.1. The SMILES string of the molecule is O=C(CN1CCCC(CNC(=O)C2CCCN2)C1)NC(=O)NC1CC1. The van der Waals surface area contributed by atoms with Crippen molar-refractivity contribution in [1.82, 2.24) is 26.2 Å². The highest BCUT2D eigenvalue weighted by Crippen LogP contribution is 2.18. The fourth-order valence-electron chi connectivity index (χ4n) is 3.56. The van der Waals surface area contributed by atoms with Crippen LogP contribution in [-0.4, -0.2) is 67.6 Å². The molecule has 2 heterocycles. The summed E-state index contributed by atoms with van der Waals surface area (Å²) in [6, 6.07) is -0.196. The molecule has 4 N–H and O–H groups in total. The maximum atomic E-state index is 12.1. The predicted octanol–water partition coefficient (Wildman–Crippen LogP) is -0.445. The second-order valence-electron chi connectivity index (χ2n) is 7.43. The van der Waals surface area contributed by atoms with Crippen molar-refractivity contribution in [2.45, 2.75) is 50.6 Å². The Bertz CT molecular complexity index is 503. The minimum atomic E-state index is -0.391. The predicted molar refractivity (Wildman–Crippen MR) is 92.9 cm³/mol. The Hall–Kier alpha value is -1.67. The zero-order valence-electron chi connectivity index (χ0n) is 14.7. The third-order valence-corrected chi connectivity index (χ3v) is 5.08. The summed E-state index contributed by atoms with van der Waals surface area (Å²) in [6.45, 7) is 3.42. The third-order valence-electron chi connectivity index (χ3n) is 5.08. The van der Waals surface area contributed by atoms with Crippen LogP contribution in [-0.2, 0) is 9.59 Å². The number of piperidine rings is 1. The maximum absolute atomic E-state index is 12.1. The van der Waals surface area contributed by atoms with Gasteiger partial charge in [-0.2, -0.15) is 0 Å². The minimum absolute atomic E-state index is 0.0459. The zero-order chi connectivity index (χ0) is 17.6. The number of urea groups is 1. The van der Waals surface area contributed by atoms with Crippen LogP contribution < -0.4 is 21.3 Å². The van der Waals surface area contributed by atoms with Gasteiger partial charge in [-0.25, -0.2) is 4.79 Å². The van der Waals surface area contributed by atoms with Gasteiger partial charge in [0.25, 0.3) is 0 Å². The quantitative estimate of drug-likeness (QED) is 0.519. The van der Waals surface area contributed by atoms with Gasteiger partial charge in [0, 0.05) is 19.1 Å². The molecule has 8 nitrogen and oxygen atoms in total. The van der Waals surface area contributed by atoms with Crippen molar-refractivity contribution in [3.8, 4) is 0 Å². The van der Waals surface area contributed by atoms with Crippen LogP contribution in [0, 0.1) is 5.92 Å². The Kier molecular flexibility index (Phi) is 6.25. The number of imide groups is 1. The zero-order valence-corrected chi connectivity index (χ0v) is 14.7. The molecular formula is C17H29N5O3. The van der Waals surface area contributed by atoms with Crippen molar-refractivity contribution in [1.29, 1.82) is 0 Å². The molecule has 140 valence electrons. The molecule has 4 amide bonds. The lowest BCUT2D eigenvalue weighted by molar-refractivity contribution is -0.124. The van der Waals surface area contributed by atoms with Gasteiger partial charge in [-0.15, -0.1) is 0 Å². The molecule has 0 aromatic carbocycles. The summed E-state index contributed by atoms with van der Waals surface area (Å²) in [4.78, 5) is 37.7. The maximum Gasteiger partial charge on any atom is 0.321 e. The highest BCUT2D eigenvalue weighted by molar-refractivity contribution is 5.95. The second-order valence-corrected chi connectivity index (χ2v) is 7.43. The minimum Gasteiger partial charge on any atom is -0.354 e. The van der Waals surface area contributed by atoms with Crippen LogP contribution in [0.5, 0.6) is 0 Å². The van der Waals surface area contributed by atoms with Crippen molar-refractivity contribution in [3.63, 3.8) is 0 Å². The molecule has 2 saturated heterocycles. The summed E-state index contributed by atoms with van der Waals surface area (Å²) in [6.07, 6.45) is 6.02. The van der Waals surface area contributed by atoms with Crippen LogP contribution in [0.25, 0.3) is 0 Å². The van der Waals surface area contributed by atoms with Gasteiger partial charge in [-0.3, -0.25) is 19.8 Å². The van der Waals surface area contributed by atoms with Gasteiger partial charge in [0.15, 0.2) is 0 Å². The average molecular weight is 351 g/mol. The van der Waals surface area contributed by atoms with Gasteiger partial charge in [-0.05, 0) is 57.5 Å². The number of likely N-dealkylation sites (tertiary alicyclic amines) is 1.